The molecule has 0 bridgehead atoms. The van der Waals surface area contributed by atoms with E-state index in [9.17, 15) is 0 Å². The predicted molar refractivity (Wildman–Crippen MR) is 64.8 cm³/mol. The summed E-state index contributed by atoms with van der Waals surface area (Å²) in [6, 6.07) is 13.0. The molecule has 0 aliphatic rings. The van der Waals surface area contributed by atoms with Crippen LogP contribution in [0, 0.1) is 0 Å². The summed E-state index contributed by atoms with van der Waals surface area (Å²) >= 11 is 0. The average Bonchev–Trinajstić information content (AvgIpc) is 2.38. The summed E-state index contributed by atoms with van der Waals surface area (Å²) in [5, 5.41) is 17.7. The fourth-order valence-electron chi connectivity index (χ4n) is 1.37. The number of benzene rings is 1. The Bertz CT molecular complexity index is 459. The van der Waals surface area contributed by atoms with Crippen LogP contribution >= 0.6 is 0 Å². The van der Waals surface area contributed by atoms with Gasteiger partial charge in [-0.2, -0.15) is 0 Å². The van der Waals surface area contributed by atoms with Crippen LogP contribution in [0.2, 0.25) is 0 Å². The highest BCUT2D eigenvalue weighted by molar-refractivity contribution is 6.57. The minimum Gasteiger partial charge on any atom is -0.487 e. The highest BCUT2D eigenvalue weighted by Crippen LogP contribution is 2.09. The minimum atomic E-state index is -1.54. The molecule has 0 aliphatic heterocycles. The highest BCUT2D eigenvalue weighted by atomic mass is 16.5. The molecule has 0 fully saturated rings. The lowest BCUT2D eigenvalue weighted by Crippen LogP contribution is -2.32. The van der Waals surface area contributed by atoms with E-state index in [2.05, 4.69) is 4.98 Å². The first kappa shape index (κ1) is 11.6. The van der Waals surface area contributed by atoms with Crippen LogP contribution in [-0.4, -0.2) is 22.2 Å². The summed E-state index contributed by atoms with van der Waals surface area (Å²) in [5.74, 6) is 0.596. The van der Waals surface area contributed by atoms with Crippen molar-refractivity contribution in [1.82, 2.24) is 4.98 Å². The quantitative estimate of drug-likeness (QED) is 0.742. The van der Waals surface area contributed by atoms with Crippen LogP contribution in [0.5, 0.6) is 5.75 Å². The molecule has 86 valence electrons. The predicted octanol–water partition coefficient (Wildman–Crippen LogP) is 0.340. The van der Waals surface area contributed by atoms with Crippen LogP contribution in [0.3, 0.4) is 0 Å². The smallest absolute Gasteiger partial charge is 0.487 e. The van der Waals surface area contributed by atoms with Crippen molar-refractivity contribution in [2.75, 3.05) is 0 Å². The Morgan fingerprint density at radius 3 is 2.41 bits per heavy atom. The maximum atomic E-state index is 8.87. The summed E-state index contributed by atoms with van der Waals surface area (Å²) in [6.07, 6.45) is 1.47. The molecule has 1 aromatic heterocycles. The second-order valence-electron chi connectivity index (χ2n) is 3.57. The van der Waals surface area contributed by atoms with Crippen molar-refractivity contribution in [3.8, 4) is 5.75 Å². The van der Waals surface area contributed by atoms with Gasteiger partial charge in [-0.3, -0.25) is 4.98 Å². The van der Waals surface area contributed by atoms with Gasteiger partial charge in [0.05, 0.1) is 11.8 Å². The number of pyridine rings is 1. The third-order valence-electron chi connectivity index (χ3n) is 2.27. The fraction of sp³-hybridized carbons (Fsp3) is 0.0833. The molecule has 1 heterocycles. The molecule has 0 saturated heterocycles. The highest BCUT2D eigenvalue weighted by Gasteiger charge is 2.11. The van der Waals surface area contributed by atoms with Crippen molar-refractivity contribution in [3.05, 3.63) is 54.2 Å². The van der Waals surface area contributed by atoms with Gasteiger partial charge in [-0.25, -0.2) is 0 Å². The summed E-state index contributed by atoms with van der Waals surface area (Å²) in [6.45, 7) is 0.462. The van der Waals surface area contributed by atoms with Crippen molar-refractivity contribution in [2.24, 2.45) is 0 Å². The summed E-state index contributed by atoms with van der Waals surface area (Å²) in [7, 11) is -1.54. The van der Waals surface area contributed by atoms with Gasteiger partial charge in [-0.15, -0.1) is 0 Å². The van der Waals surface area contributed by atoms with E-state index in [1.807, 2.05) is 30.3 Å². The number of nitrogens with zero attached hydrogens (tertiary/aromatic N) is 1. The van der Waals surface area contributed by atoms with Gasteiger partial charge in [0.1, 0.15) is 12.4 Å². The number of hydrogen-bond donors (Lipinski definition) is 2. The molecule has 17 heavy (non-hydrogen) atoms. The molecule has 2 aromatic rings. The van der Waals surface area contributed by atoms with Crippen LogP contribution in [0.15, 0.2) is 48.7 Å². The van der Waals surface area contributed by atoms with Gasteiger partial charge in [0, 0.05) is 0 Å². The molecular formula is C12H12BNO3. The average molecular weight is 229 g/mol. The molecule has 0 atom stereocenters. The Balaban J connectivity index is 1.96. The first-order valence-electron chi connectivity index (χ1n) is 5.24. The molecule has 0 unspecified atom stereocenters. The van der Waals surface area contributed by atoms with Crippen molar-refractivity contribution < 1.29 is 14.8 Å². The second kappa shape index (κ2) is 5.47. The van der Waals surface area contributed by atoms with Gasteiger partial charge in [0.25, 0.3) is 0 Å². The summed E-state index contributed by atoms with van der Waals surface area (Å²) in [5.41, 5.74) is 1.27. The lowest BCUT2D eigenvalue weighted by atomic mass is 9.86. The van der Waals surface area contributed by atoms with Gasteiger partial charge < -0.3 is 14.8 Å². The number of ether oxygens (including phenoxy) is 1. The van der Waals surface area contributed by atoms with E-state index >= 15 is 0 Å². The van der Waals surface area contributed by atoms with E-state index in [-0.39, 0.29) is 5.59 Å². The van der Waals surface area contributed by atoms with E-state index in [4.69, 9.17) is 14.8 Å². The molecule has 0 amide bonds. The Labute approximate surface area is 99.7 Å². The Morgan fingerprint density at radius 2 is 1.82 bits per heavy atom. The number of rotatable bonds is 4. The van der Waals surface area contributed by atoms with Crippen LogP contribution in [-0.2, 0) is 6.61 Å². The molecule has 0 aliphatic carbocycles. The molecule has 1 aromatic carbocycles. The lowest BCUT2D eigenvalue weighted by molar-refractivity contribution is 0.305. The van der Waals surface area contributed by atoms with E-state index in [0.717, 1.165) is 5.56 Å². The Morgan fingerprint density at radius 1 is 1.06 bits per heavy atom. The molecule has 4 nitrogen and oxygen atoms in total. The molecule has 0 radical (unpaired) electrons. The van der Waals surface area contributed by atoms with Gasteiger partial charge >= 0.3 is 7.12 Å². The number of aromatic nitrogens is 1. The van der Waals surface area contributed by atoms with Crippen LogP contribution in [0.25, 0.3) is 0 Å². The SMILES string of the molecule is OB(O)c1ccc(OCc2ccccc2)cn1. The second-order valence-corrected chi connectivity index (χ2v) is 3.57. The van der Waals surface area contributed by atoms with Crippen LogP contribution in [0.4, 0.5) is 0 Å². The topological polar surface area (TPSA) is 62.6 Å². The van der Waals surface area contributed by atoms with Crippen molar-refractivity contribution in [2.45, 2.75) is 6.61 Å². The van der Waals surface area contributed by atoms with Gasteiger partial charge in [0.15, 0.2) is 0 Å². The third-order valence-corrected chi connectivity index (χ3v) is 2.27. The molecular weight excluding hydrogens is 217 g/mol. The minimum absolute atomic E-state index is 0.206. The lowest BCUT2D eigenvalue weighted by Gasteiger charge is -2.06. The molecule has 2 rings (SSSR count). The molecule has 5 heteroatoms. The van der Waals surface area contributed by atoms with Gasteiger partial charge in [-0.1, -0.05) is 30.3 Å². The van der Waals surface area contributed by atoms with Crippen molar-refractivity contribution in [3.63, 3.8) is 0 Å². The zero-order valence-corrected chi connectivity index (χ0v) is 9.15. The summed E-state index contributed by atoms with van der Waals surface area (Å²) < 4.78 is 5.50. The maximum Gasteiger partial charge on any atom is 0.508 e. The summed E-state index contributed by atoms with van der Waals surface area (Å²) in [4.78, 5) is 3.87. The largest absolute Gasteiger partial charge is 0.508 e. The normalized spacial score (nSPS) is 10.0. The van der Waals surface area contributed by atoms with Crippen LogP contribution < -0.4 is 10.3 Å². The maximum absolute atomic E-state index is 8.87. The van der Waals surface area contributed by atoms with Crippen LogP contribution in [0.1, 0.15) is 5.56 Å². The van der Waals surface area contributed by atoms with E-state index in [1.165, 1.54) is 12.3 Å². The zero-order chi connectivity index (χ0) is 12.1. The molecule has 2 N–H and O–H groups in total. The van der Waals surface area contributed by atoms with Gasteiger partial charge in [0.2, 0.25) is 0 Å². The third kappa shape index (κ3) is 3.30. The molecule has 0 spiro atoms. The van der Waals surface area contributed by atoms with Crippen molar-refractivity contribution >= 4 is 12.7 Å². The first-order chi connectivity index (χ1) is 8.25. The first-order valence-corrected chi connectivity index (χ1v) is 5.24. The Hall–Kier alpha value is -1.85. The van der Waals surface area contributed by atoms with Crippen molar-refractivity contribution in [1.29, 1.82) is 0 Å². The Kier molecular flexibility index (Phi) is 3.75. The van der Waals surface area contributed by atoms with E-state index < -0.39 is 7.12 Å². The fourth-order valence-corrected chi connectivity index (χ4v) is 1.37. The zero-order valence-electron chi connectivity index (χ0n) is 9.15. The van der Waals surface area contributed by atoms with E-state index in [1.54, 1.807) is 6.07 Å². The van der Waals surface area contributed by atoms with Gasteiger partial charge in [-0.05, 0) is 17.7 Å². The molecule has 0 saturated carbocycles. The van der Waals surface area contributed by atoms with E-state index in [0.29, 0.717) is 12.4 Å². The monoisotopic (exact) mass is 229 g/mol. The number of hydrogen-bond acceptors (Lipinski definition) is 4. The standard InChI is InChI=1S/C12H12BNO3/c15-13(16)12-7-6-11(8-14-12)17-9-10-4-2-1-3-5-10/h1-8,15-16H,9H2.